The summed E-state index contributed by atoms with van der Waals surface area (Å²) in [5, 5.41) is 2.11. The first-order valence-electron chi connectivity index (χ1n) is 20.7. The molecule has 0 N–H and O–H groups in total. The van der Waals surface area contributed by atoms with Crippen LogP contribution < -0.4 is 16.8 Å². The van der Waals surface area contributed by atoms with E-state index in [-0.39, 0.29) is 0 Å². The van der Waals surface area contributed by atoms with Gasteiger partial charge in [-0.2, -0.15) is 0 Å². The second-order valence-electron chi connectivity index (χ2n) is 23.6. The van der Waals surface area contributed by atoms with Crippen molar-refractivity contribution in [3.8, 4) is 0 Å². The van der Waals surface area contributed by atoms with Crippen LogP contribution in [0.25, 0.3) is 0 Å². The van der Waals surface area contributed by atoms with E-state index >= 15 is 0 Å². The van der Waals surface area contributed by atoms with E-state index in [9.17, 15) is 0 Å². The zero-order chi connectivity index (χ0) is 41.0. The fourth-order valence-electron chi connectivity index (χ4n) is 11.3. The van der Waals surface area contributed by atoms with Crippen LogP contribution in [0.5, 0.6) is 0 Å². The molecular formula is C45H80GeSi6Te. The number of hydrogen-bond acceptors (Lipinski definition) is 0. The summed E-state index contributed by atoms with van der Waals surface area (Å²) in [4.78, 5) is 0. The standard InChI is InChI=1S/C45H80GeSi6Te/c1-32(2)35-26-25-27-36(33(3)4)41(35)46(39-28-23-24-29-40(39)53)42-37(44(49(11,12)13)50(14,15)16)30-34(43(47(5,6)7)48(8,9)10)31-38(42)45(51(17,18)19)52(20,21)22/h23-33,43-45H,1-22H3. The molecule has 0 fully saturated rings. The van der Waals surface area contributed by atoms with Crippen LogP contribution in [0.15, 0.2) is 54.6 Å². The molecule has 0 atom stereocenters. The number of benzene rings is 3. The van der Waals surface area contributed by atoms with Crippen molar-refractivity contribution >= 4 is 102 Å². The minimum absolute atomic E-state index is 0.486. The van der Waals surface area contributed by atoms with E-state index in [4.69, 9.17) is 0 Å². The molecule has 3 aromatic rings. The summed E-state index contributed by atoms with van der Waals surface area (Å²) in [6.07, 6.45) is 0. The Morgan fingerprint density at radius 3 is 1.04 bits per heavy atom. The first-order chi connectivity index (χ1) is 23.7. The van der Waals surface area contributed by atoms with Crippen LogP contribution in [0.1, 0.15) is 82.8 Å². The zero-order valence-corrected chi connectivity index (χ0v) is 48.9. The van der Waals surface area contributed by atoms with Crippen molar-refractivity contribution in [1.29, 1.82) is 0 Å². The predicted octanol–water partition coefficient (Wildman–Crippen LogP) is 11.8. The van der Waals surface area contributed by atoms with Gasteiger partial charge in [-0.1, -0.05) is 0 Å². The van der Waals surface area contributed by atoms with Gasteiger partial charge < -0.3 is 0 Å². The van der Waals surface area contributed by atoms with Gasteiger partial charge >= 0.3 is 357 Å². The molecule has 8 heteroatoms. The van der Waals surface area contributed by atoms with Gasteiger partial charge in [-0.25, -0.2) is 0 Å². The van der Waals surface area contributed by atoms with Crippen molar-refractivity contribution in [3.05, 3.63) is 82.4 Å². The van der Waals surface area contributed by atoms with Crippen LogP contribution in [0.4, 0.5) is 0 Å². The first kappa shape index (κ1) is 47.7. The van der Waals surface area contributed by atoms with E-state index < -0.39 is 62.8 Å². The molecule has 0 aliphatic carbocycles. The van der Waals surface area contributed by atoms with Gasteiger partial charge in [0, 0.05) is 0 Å². The van der Waals surface area contributed by atoms with Crippen molar-refractivity contribution in [2.24, 2.45) is 0 Å². The average Bonchev–Trinajstić information content (AvgIpc) is 2.90. The SMILES string of the molecule is CC(C)c1cccc(C(C)C)[c]1[Ge]([c]1ccccc1[Te])[c]1c(C([Si](C)(C)C)[Si](C)(C)C)cc(C([Si](C)(C)C)[Si](C)(C)C)cc1C([Si](C)(C)C)[Si](C)(C)C. The number of rotatable bonds is 14. The van der Waals surface area contributed by atoms with Gasteiger partial charge in [0.05, 0.1) is 0 Å². The first-order valence-corrected chi connectivity index (χ1v) is 46.4. The van der Waals surface area contributed by atoms with Gasteiger partial charge in [0.15, 0.2) is 0 Å². The van der Waals surface area contributed by atoms with Crippen molar-refractivity contribution in [2.75, 3.05) is 0 Å². The summed E-state index contributed by atoms with van der Waals surface area (Å²) in [6, 6.07) is 23.1. The minimum atomic E-state index is -2.49. The van der Waals surface area contributed by atoms with Crippen LogP contribution >= 0.6 is 0 Å². The Balaban J connectivity index is 3.01. The molecule has 0 aliphatic rings. The molecule has 0 bridgehead atoms. The summed E-state index contributed by atoms with van der Waals surface area (Å²) >= 11 is -0.143. The fraction of sp³-hybridized carbons (Fsp3) is 0.600. The Morgan fingerprint density at radius 1 is 0.415 bits per heavy atom. The fourth-order valence-corrected chi connectivity index (χ4v) is 60.4. The van der Waals surface area contributed by atoms with Crippen LogP contribution in [0, 0.1) is 0 Å². The third kappa shape index (κ3) is 11.1. The molecule has 0 aliphatic heterocycles. The molecule has 3 rings (SSSR count). The molecule has 0 saturated heterocycles. The quantitative estimate of drug-likeness (QED) is 0.141. The average molecular weight is 990 g/mol. The normalized spacial score (nSPS) is 14.2. The van der Waals surface area contributed by atoms with Gasteiger partial charge in [0.1, 0.15) is 0 Å². The summed E-state index contributed by atoms with van der Waals surface area (Å²) in [7, 11) is -9.90. The Kier molecular flexibility index (Phi) is 15.2. The number of hydrogen-bond donors (Lipinski definition) is 0. The van der Waals surface area contributed by atoms with E-state index in [1.807, 2.05) is 15.5 Å². The van der Waals surface area contributed by atoms with Crippen LogP contribution in [-0.2, 0) is 0 Å². The van der Waals surface area contributed by atoms with E-state index in [1.165, 1.54) is 3.61 Å². The van der Waals surface area contributed by atoms with Crippen LogP contribution in [0.3, 0.4) is 0 Å². The van der Waals surface area contributed by atoms with Gasteiger partial charge in [-0.05, 0) is 0 Å². The van der Waals surface area contributed by atoms with E-state index in [0.29, 0.717) is 22.2 Å². The second kappa shape index (κ2) is 16.9. The van der Waals surface area contributed by atoms with Crippen LogP contribution in [0.2, 0.25) is 118 Å². The Labute approximate surface area is 354 Å². The van der Waals surface area contributed by atoms with Crippen molar-refractivity contribution < 1.29 is 0 Å². The van der Waals surface area contributed by atoms with Gasteiger partial charge in [-0.15, -0.1) is 0 Å². The molecule has 0 spiro atoms. The molecule has 53 heavy (non-hydrogen) atoms. The summed E-state index contributed by atoms with van der Waals surface area (Å²) in [5.41, 5.74) is 8.70. The van der Waals surface area contributed by atoms with Gasteiger partial charge in [-0.3, -0.25) is 0 Å². The molecule has 0 saturated carbocycles. The topological polar surface area (TPSA) is 0 Å². The molecule has 2 radical (unpaired) electrons. The molecule has 0 heterocycles. The van der Waals surface area contributed by atoms with E-state index in [1.54, 1.807) is 25.5 Å². The summed E-state index contributed by atoms with van der Waals surface area (Å²) in [6.45, 7) is 58.7. The Bertz CT molecular complexity index is 1600. The van der Waals surface area contributed by atoms with E-state index in [0.717, 1.165) is 5.16 Å². The van der Waals surface area contributed by atoms with Crippen molar-refractivity contribution in [1.82, 2.24) is 0 Å². The second-order valence-corrected chi connectivity index (χ2v) is 63.2. The van der Waals surface area contributed by atoms with Crippen molar-refractivity contribution in [3.63, 3.8) is 0 Å². The third-order valence-corrected chi connectivity index (χ3v) is 48.0. The van der Waals surface area contributed by atoms with Gasteiger partial charge in [0.2, 0.25) is 0 Å². The van der Waals surface area contributed by atoms with Crippen LogP contribution in [-0.4, -0.2) is 85.1 Å². The third-order valence-electron chi connectivity index (χ3n) is 11.4. The molecule has 0 nitrogen and oxygen atoms in total. The molecule has 0 unspecified atom stereocenters. The monoisotopic (exact) mass is 992 g/mol. The maximum atomic E-state index is 2.96. The summed E-state index contributed by atoms with van der Waals surface area (Å²) < 4.78 is 6.91. The summed E-state index contributed by atoms with van der Waals surface area (Å²) in [5.74, 6) is 0.972. The molecular weight excluding hydrogens is 909 g/mol. The van der Waals surface area contributed by atoms with Gasteiger partial charge in [0.25, 0.3) is 0 Å². The molecule has 294 valence electrons. The molecule has 0 amide bonds. The Morgan fingerprint density at radius 2 is 0.736 bits per heavy atom. The molecule has 3 aromatic carbocycles. The van der Waals surface area contributed by atoms with E-state index in [2.05, 4.69) is 222 Å². The predicted molar refractivity (Wildman–Crippen MR) is 266 cm³/mol. The Hall–Kier alpha value is 0.294. The maximum absolute atomic E-state index is 2.96. The molecule has 0 aromatic heterocycles. The van der Waals surface area contributed by atoms with Crippen molar-refractivity contribution in [2.45, 2.75) is 173 Å². The zero-order valence-electron chi connectivity index (χ0n) is 38.5.